The molecule has 0 aliphatic carbocycles. The van der Waals surface area contributed by atoms with Crippen LogP contribution in [0.2, 0.25) is 0 Å². The molecule has 1 aromatic heterocycles. The molecule has 0 saturated carbocycles. The predicted molar refractivity (Wildman–Crippen MR) is 77.9 cm³/mol. The first-order valence-electron chi connectivity index (χ1n) is 6.07. The zero-order valence-electron chi connectivity index (χ0n) is 10.5. The Balaban J connectivity index is 0.00000180. The highest BCUT2D eigenvalue weighted by Gasteiger charge is 2.15. The second kappa shape index (κ2) is 8.14. The number of halogens is 1. The lowest BCUT2D eigenvalue weighted by Gasteiger charge is -2.23. The van der Waals surface area contributed by atoms with Crippen molar-refractivity contribution in [1.29, 1.82) is 0 Å². The van der Waals surface area contributed by atoms with E-state index >= 15 is 0 Å². The summed E-state index contributed by atoms with van der Waals surface area (Å²) in [4.78, 5) is 23.9. The molecule has 1 aliphatic rings. The number of piperidine rings is 1. The molecule has 1 saturated heterocycles. The Morgan fingerprint density at radius 3 is 2.95 bits per heavy atom. The lowest BCUT2D eigenvalue weighted by molar-refractivity contribution is -0.120. The topological polar surface area (TPSA) is 70.2 Å². The van der Waals surface area contributed by atoms with Crippen LogP contribution < -0.4 is 16.0 Å². The first-order valence-corrected chi connectivity index (χ1v) is 6.95. The Bertz CT molecular complexity index is 405. The van der Waals surface area contributed by atoms with Gasteiger partial charge in [-0.1, -0.05) is 6.07 Å². The Hall–Kier alpha value is -1.11. The Morgan fingerprint density at radius 2 is 2.32 bits per heavy atom. The van der Waals surface area contributed by atoms with Gasteiger partial charge in [0, 0.05) is 12.6 Å². The summed E-state index contributed by atoms with van der Waals surface area (Å²) in [6.07, 6.45) is 2.07. The van der Waals surface area contributed by atoms with Crippen molar-refractivity contribution in [3.05, 3.63) is 22.4 Å². The largest absolute Gasteiger partial charge is 0.351 e. The van der Waals surface area contributed by atoms with Gasteiger partial charge in [-0.05, 0) is 30.8 Å². The van der Waals surface area contributed by atoms with E-state index in [9.17, 15) is 9.59 Å². The van der Waals surface area contributed by atoms with Gasteiger partial charge in [-0.3, -0.25) is 9.59 Å². The highest BCUT2D eigenvalue weighted by atomic mass is 35.5. The van der Waals surface area contributed by atoms with E-state index in [1.54, 1.807) is 6.07 Å². The maximum absolute atomic E-state index is 11.6. The van der Waals surface area contributed by atoms with E-state index in [1.807, 2.05) is 11.4 Å². The molecule has 2 rings (SSSR count). The normalized spacial score (nSPS) is 18.2. The summed E-state index contributed by atoms with van der Waals surface area (Å²) in [5.41, 5.74) is 0. The number of carbonyl (C=O) groups excluding carboxylic acids is 2. The highest BCUT2D eigenvalue weighted by molar-refractivity contribution is 7.12. The quantitative estimate of drug-likeness (QED) is 0.769. The summed E-state index contributed by atoms with van der Waals surface area (Å²) >= 11 is 1.36. The molecule has 1 aromatic rings. The summed E-state index contributed by atoms with van der Waals surface area (Å²) in [5, 5.41) is 10.6. The number of rotatable bonds is 4. The molecule has 1 fully saturated rings. The zero-order valence-corrected chi connectivity index (χ0v) is 12.1. The average molecular weight is 304 g/mol. The minimum Gasteiger partial charge on any atom is -0.351 e. The Morgan fingerprint density at radius 1 is 1.47 bits per heavy atom. The molecule has 1 aliphatic heterocycles. The highest BCUT2D eigenvalue weighted by Crippen LogP contribution is 2.07. The number of amides is 2. The summed E-state index contributed by atoms with van der Waals surface area (Å²) in [7, 11) is 0. The molecule has 1 atom stereocenters. The SMILES string of the molecule is Cl.O=C(CNC(=O)c1cccs1)N[C@H]1CCCNC1. The van der Waals surface area contributed by atoms with E-state index in [2.05, 4.69) is 16.0 Å². The van der Waals surface area contributed by atoms with Crippen molar-refractivity contribution >= 4 is 35.6 Å². The monoisotopic (exact) mass is 303 g/mol. The lowest BCUT2D eigenvalue weighted by Crippen LogP contribution is -2.48. The standard InChI is InChI=1S/C12H17N3O2S.ClH/c16-11(15-9-3-1-5-13-7-9)8-14-12(17)10-4-2-6-18-10;/h2,4,6,9,13H,1,3,5,7-8H2,(H,14,17)(H,15,16);1H/t9-;/m0./s1. The van der Waals surface area contributed by atoms with Crippen LogP contribution in [0.5, 0.6) is 0 Å². The summed E-state index contributed by atoms with van der Waals surface area (Å²) in [6, 6.07) is 3.74. The molecule has 7 heteroatoms. The number of thiophene rings is 1. The van der Waals surface area contributed by atoms with Crippen molar-refractivity contribution in [2.45, 2.75) is 18.9 Å². The van der Waals surface area contributed by atoms with Crippen LogP contribution in [0.4, 0.5) is 0 Å². The minimum absolute atomic E-state index is 0. The third-order valence-corrected chi connectivity index (χ3v) is 3.69. The molecule has 0 bridgehead atoms. The van der Waals surface area contributed by atoms with Gasteiger partial charge in [-0.25, -0.2) is 0 Å². The lowest BCUT2D eigenvalue weighted by atomic mass is 10.1. The van der Waals surface area contributed by atoms with Crippen molar-refractivity contribution in [3.63, 3.8) is 0 Å². The van der Waals surface area contributed by atoms with Gasteiger partial charge in [0.2, 0.25) is 5.91 Å². The molecule has 0 radical (unpaired) electrons. The van der Waals surface area contributed by atoms with Crippen molar-refractivity contribution in [1.82, 2.24) is 16.0 Å². The van der Waals surface area contributed by atoms with Gasteiger partial charge >= 0.3 is 0 Å². The zero-order chi connectivity index (χ0) is 12.8. The van der Waals surface area contributed by atoms with Gasteiger partial charge in [0.25, 0.3) is 5.91 Å². The van der Waals surface area contributed by atoms with Gasteiger partial charge in [-0.15, -0.1) is 23.7 Å². The molecule has 0 spiro atoms. The fourth-order valence-corrected chi connectivity index (χ4v) is 2.55. The van der Waals surface area contributed by atoms with Gasteiger partial charge in [0.15, 0.2) is 0 Å². The van der Waals surface area contributed by atoms with Crippen LogP contribution in [0.1, 0.15) is 22.5 Å². The molecule has 5 nitrogen and oxygen atoms in total. The van der Waals surface area contributed by atoms with Crippen molar-refractivity contribution in [3.8, 4) is 0 Å². The van der Waals surface area contributed by atoms with E-state index in [0.717, 1.165) is 25.9 Å². The maximum atomic E-state index is 11.6. The van der Waals surface area contributed by atoms with Gasteiger partial charge in [0.05, 0.1) is 11.4 Å². The van der Waals surface area contributed by atoms with E-state index in [-0.39, 0.29) is 36.8 Å². The maximum Gasteiger partial charge on any atom is 0.261 e. The molecule has 19 heavy (non-hydrogen) atoms. The van der Waals surface area contributed by atoms with E-state index in [1.165, 1.54) is 11.3 Å². The fraction of sp³-hybridized carbons (Fsp3) is 0.500. The number of hydrogen-bond donors (Lipinski definition) is 3. The van der Waals surface area contributed by atoms with Gasteiger partial charge in [-0.2, -0.15) is 0 Å². The fourth-order valence-electron chi connectivity index (χ4n) is 1.91. The number of nitrogens with one attached hydrogen (secondary N) is 3. The van der Waals surface area contributed by atoms with E-state index in [4.69, 9.17) is 0 Å². The van der Waals surface area contributed by atoms with Crippen LogP contribution >= 0.6 is 23.7 Å². The minimum atomic E-state index is -0.193. The molecule has 2 heterocycles. The molecule has 2 amide bonds. The van der Waals surface area contributed by atoms with E-state index < -0.39 is 0 Å². The number of hydrogen-bond acceptors (Lipinski definition) is 4. The second-order valence-electron chi connectivity index (χ2n) is 4.27. The molecule has 106 valence electrons. The third kappa shape index (κ3) is 5.18. The predicted octanol–water partition coefficient (Wildman–Crippen LogP) is 0.768. The molecular weight excluding hydrogens is 286 g/mol. The first kappa shape index (κ1) is 15.9. The smallest absolute Gasteiger partial charge is 0.261 e. The molecule has 0 aromatic carbocycles. The second-order valence-corrected chi connectivity index (χ2v) is 5.22. The van der Waals surface area contributed by atoms with Crippen LogP contribution in [0.25, 0.3) is 0 Å². The Labute approximate surface area is 122 Å². The first-order chi connectivity index (χ1) is 8.75. The molecular formula is C12H18ClN3O2S. The molecule has 3 N–H and O–H groups in total. The van der Waals surface area contributed by atoms with Gasteiger partial charge in [0.1, 0.15) is 0 Å². The third-order valence-electron chi connectivity index (χ3n) is 2.82. The van der Waals surface area contributed by atoms with Crippen LogP contribution in [0, 0.1) is 0 Å². The average Bonchev–Trinajstić information content (AvgIpc) is 2.91. The van der Waals surface area contributed by atoms with Crippen LogP contribution in [0.15, 0.2) is 17.5 Å². The number of carbonyl (C=O) groups is 2. The van der Waals surface area contributed by atoms with E-state index in [0.29, 0.717) is 4.88 Å². The molecule has 0 unspecified atom stereocenters. The summed E-state index contributed by atoms with van der Waals surface area (Å²) in [5.74, 6) is -0.324. The van der Waals surface area contributed by atoms with Crippen LogP contribution in [-0.4, -0.2) is 37.5 Å². The van der Waals surface area contributed by atoms with Crippen LogP contribution in [-0.2, 0) is 4.79 Å². The summed E-state index contributed by atoms with van der Waals surface area (Å²) in [6.45, 7) is 1.86. The van der Waals surface area contributed by atoms with Gasteiger partial charge < -0.3 is 16.0 Å². The summed E-state index contributed by atoms with van der Waals surface area (Å²) < 4.78 is 0. The van der Waals surface area contributed by atoms with Crippen LogP contribution in [0.3, 0.4) is 0 Å². The van der Waals surface area contributed by atoms with Crippen molar-refractivity contribution < 1.29 is 9.59 Å². The Kier molecular flexibility index (Phi) is 6.83. The van der Waals surface area contributed by atoms with Crippen molar-refractivity contribution in [2.24, 2.45) is 0 Å². The van der Waals surface area contributed by atoms with Crippen molar-refractivity contribution in [2.75, 3.05) is 19.6 Å².